The summed E-state index contributed by atoms with van der Waals surface area (Å²) in [6.07, 6.45) is 0. The Morgan fingerprint density at radius 3 is 2.37 bits per heavy atom. The van der Waals surface area contributed by atoms with Crippen molar-refractivity contribution in [2.75, 3.05) is 0 Å². The quantitative estimate of drug-likeness (QED) is 0.606. The molecule has 19 heavy (non-hydrogen) atoms. The molecule has 0 aliphatic carbocycles. The first-order valence-corrected chi connectivity index (χ1v) is 7.11. The van der Waals surface area contributed by atoms with Gasteiger partial charge in [-0.15, -0.1) is 21.5 Å². The summed E-state index contributed by atoms with van der Waals surface area (Å²) in [5.41, 5.74) is 0.481. The van der Waals surface area contributed by atoms with Crippen LogP contribution in [0.4, 0.5) is 8.78 Å². The highest BCUT2D eigenvalue weighted by molar-refractivity contribution is 9.11. The number of benzene rings is 1. The molecular weight excluding hydrogens is 358 g/mol. The average molecular weight is 362 g/mol. The van der Waals surface area contributed by atoms with Crippen LogP contribution in [0.5, 0.6) is 0 Å². The molecule has 0 spiro atoms. The first-order valence-electron chi connectivity index (χ1n) is 5.13. The van der Waals surface area contributed by atoms with Crippen LogP contribution < -0.4 is 0 Å². The van der Waals surface area contributed by atoms with Gasteiger partial charge in [0.2, 0.25) is 0 Å². The number of halogens is 4. The van der Waals surface area contributed by atoms with Crippen molar-refractivity contribution in [1.29, 1.82) is 0 Å². The van der Waals surface area contributed by atoms with Crippen molar-refractivity contribution in [2.45, 2.75) is 0 Å². The molecule has 0 N–H and O–H groups in total. The summed E-state index contributed by atoms with van der Waals surface area (Å²) in [5, 5.41) is 8.59. The smallest absolute Gasteiger partial charge is 0.159 e. The SMILES string of the molecule is Fc1cc2c(Cl)nnc(-c3ccc(Br)s3)c2cc1F. The summed E-state index contributed by atoms with van der Waals surface area (Å²) in [7, 11) is 0. The Hall–Kier alpha value is -1.11. The maximum absolute atomic E-state index is 13.4. The Balaban J connectivity index is 2.37. The van der Waals surface area contributed by atoms with Gasteiger partial charge in [-0.3, -0.25) is 0 Å². The third-order valence-electron chi connectivity index (χ3n) is 2.58. The largest absolute Gasteiger partial charge is 0.204 e. The number of aromatic nitrogens is 2. The number of hydrogen-bond acceptors (Lipinski definition) is 3. The second-order valence-electron chi connectivity index (χ2n) is 3.76. The van der Waals surface area contributed by atoms with E-state index in [4.69, 9.17) is 11.6 Å². The van der Waals surface area contributed by atoms with Crippen molar-refractivity contribution in [1.82, 2.24) is 10.2 Å². The molecule has 0 saturated heterocycles. The van der Waals surface area contributed by atoms with Crippen molar-refractivity contribution in [3.8, 4) is 10.6 Å². The predicted octanol–water partition coefficient (Wildman–Crippen LogP) is 5.05. The second kappa shape index (κ2) is 4.77. The number of hydrogen-bond donors (Lipinski definition) is 0. The van der Waals surface area contributed by atoms with Crippen molar-refractivity contribution in [3.05, 3.63) is 44.8 Å². The summed E-state index contributed by atoms with van der Waals surface area (Å²) < 4.78 is 27.6. The van der Waals surface area contributed by atoms with E-state index in [2.05, 4.69) is 26.1 Å². The van der Waals surface area contributed by atoms with Gasteiger partial charge in [-0.1, -0.05) is 11.6 Å². The standard InChI is InChI=1S/C12H4BrClF2N2S/c13-10-2-1-9(19-10)11-5-3-7(15)8(16)4-6(5)12(14)18-17-11/h1-4H. The molecule has 2 heterocycles. The van der Waals surface area contributed by atoms with Gasteiger partial charge in [0.25, 0.3) is 0 Å². The molecule has 0 aliphatic heterocycles. The molecule has 7 heteroatoms. The zero-order chi connectivity index (χ0) is 13.6. The van der Waals surface area contributed by atoms with Gasteiger partial charge in [0.15, 0.2) is 16.8 Å². The van der Waals surface area contributed by atoms with Crippen LogP contribution in [0.3, 0.4) is 0 Å². The van der Waals surface area contributed by atoms with Crippen LogP contribution in [0.15, 0.2) is 28.1 Å². The maximum atomic E-state index is 13.4. The van der Waals surface area contributed by atoms with Gasteiger partial charge >= 0.3 is 0 Å². The number of rotatable bonds is 1. The predicted molar refractivity (Wildman–Crippen MR) is 75.5 cm³/mol. The monoisotopic (exact) mass is 360 g/mol. The van der Waals surface area contributed by atoms with Gasteiger partial charge in [-0.25, -0.2) is 8.78 Å². The summed E-state index contributed by atoms with van der Waals surface area (Å²) in [6, 6.07) is 5.80. The van der Waals surface area contributed by atoms with Gasteiger partial charge in [0.1, 0.15) is 5.69 Å². The molecule has 0 aliphatic rings. The Labute approximate surface area is 124 Å². The fourth-order valence-electron chi connectivity index (χ4n) is 1.74. The molecular formula is C12H4BrClF2N2S. The van der Waals surface area contributed by atoms with Crippen LogP contribution in [-0.4, -0.2) is 10.2 Å². The van der Waals surface area contributed by atoms with E-state index in [-0.39, 0.29) is 5.15 Å². The first kappa shape index (κ1) is 12.9. The summed E-state index contributed by atoms with van der Waals surface area (Å²) in [4.78, 5) is 0.798. The average Bonchev–Trinajstić information content (AvgIpc) is 2.79. The third kappa shape index (κ3) is 2.24. The van der Waals surface area contributed by atoms with Crippen LogP contribution in [0.2, 0.25) is 5.15 Å². The lowest BCUT2D eigenvalue weighted by molar-refractivity contribution is 0.511. The molecule has 2 aromatic heterocycles. The summed E-state index contributed by atoms with van der Waals surface area (Å²) >= 11 is 10.6. The van der Waals surface area contributed by atoms with E-state index in [1.165, 1.54) is 11.3 Å². The Bertz CT molecular complexity index is 791. The van der Waals surface area contributed by atoms with E-state index in [1.807, 2.05) is 12.1 Å². The molecule has 2 nitrogen and oxygen atoms in total. The zero-order valence-corrected chi connectivity index (χ0v) is 12.3. The molecule has 1 aromatic carbocycles. The minimum atomic E-state index is -0.958. The van der Waals surface area contributed by atoms with Gasteiger partial charge in [-0.05, 0) is 40.2 Å². The molecule has 0 fully saturated rings. The molecule has 0 bridgehead atoms. The lowest BCUT2D eigenvalue weighted by atomic mass is 10.1. The first-order chi connectivity index (χ1) is 9.06. The summed E-state index contributed by atoms with van der Waals surface area (Å²) in [6.45, 7) is 0. The highest BCUT2D eigenvalue weighted by atomic mass is 79.9. The minimum absolute atomic E-state index is 0.0493. The molecule has 0 atom stereocenters. The number of nitrogens with zero attached hydrogens (tertiary/aromatic N) is 2. The van der Waals surface area contributed by atoms with Crippen molar-refractivity contribution >= 4 is 49.6 Å². The lowest BCUT2D eigenvalue weighted by Crippen LogP contribution is -1.93. The highest BCUT2D eigenvalue weighted by Gasteiger charge is 2.15. The number of fused-ring (bicyclic) bond motifs is 1. The van der Waals surface area contributed by atoms with E-state index in [0.29, 0.717) is 16.5 Å². The molecule has 96 valence electrons. The zero-order valence-electron chi connectivity index (χ0n) is 9.12. The van der Waals surface area contributed by atoms with Crippen LogP contribution in [0.1, 0.15) is 0 Å². The van der Waals surface area contributed by atoms with Gasteiger partial charge in [0.05, 0.1) is 8.66 Å². The van der Waals surface area contributed by atoms with Crippen LogP contribution in [-0.2, 0) is 0 Å². The van der Waals surface area contributed by atoms with Gasteiger partial charge in [0, 0.05) is 10.8 Å². The normalized spacial score (nSPS) is 11.2. The number of thiophene rings is 1. The van der Waals surface area contributed by atoms with Crippen LogP contribution in [0, 0.1) is 11.6 Å². The molecule has 3 aromatic rings. The second-order valence-corrected chi connectivity index (χ2v) is 6.58. The Kier molecular flexibility index (Phi) is 3.24. The van der Waals surface area contributed by atoms with Crippen molar-refractivity contribution in [2.24, 2.45) is 0 Å². The van der Waals surface area contributed by atoms with E-state index in [1.54, 1.807) is 0 Å². The topological polar surface area (TPSA) is 25.8 Å². The maximum Gasteiger partial charge on any atom is 0.159 e. The molecule has 0 radical (unpaired) electrons. The molecule has 0 saturated carbocycles. The molecule has 3 rings (SSSR count). The molecule has 0 amide bonds. The van der Waals surface area contributed by atoms with E-state index >= 15 is 0 Å². The van der Waals surface area contributed by atoms with E-state index in [0.717, 1.165) is 20.8 Å². The minimum Gasteiger partial charge on any atom is -0.204 e. The third-order valence-corrected chi connectivity index (χ3v) is 4.49. The summed E-state index contributed by atoms with van der Waals surface area (Å²) in [5.74, 6) is -1.89. The Morgan fingerprint density at radius 2 is 1.74 bits per heavy atom. The van der Waals surface area contributed by atoms with Crippen LogP contribution in [0.25, 0.3) is 21.3 Å². The van der Waals surface area contributed by atoms with E-state index in [9.17, 15) is 8.78 Å². The molecule has 0 unspecified atom stereocenters. The highest BCUT2D eigenvalue weighted by Crippen LogP contribution is 2.36. The van der Waals surface area contributed by atoms with Gasteiger partial charge < -0.3 is 0 Å². The fourth-order valence-corrected chi connectivity index (χ4v) is 3.32. The Morgan fingerprint density at radius 1 is 1.05 bits per heavy atom. The van der Waals surface area contributed by atoms with Gasteiger partial charge in [-0.2, -0.15) is 0 Å². The van der Waals surface area contributed by atoms with Crippen molar-refractivity contribution in [3.63, 3.8) is 0 Å². The lowest BCUT2D eigenvalue weighted by Gasteiger charge is -2.05. The van der Waals surface area contributed by atoms with Crippen LogP contribution >= 0.6 is 38.9 Å². The van der Waals surface area contributed by atoms with E-state index < -0.39 is 11.6 Å². The fraction of sp³-hybridized carbons (Fsp3) is 0. The van der Waals surface area contributed by atoms with Crippen molar-refractivity contribution < 1.29 is 8.78 Å².